The average molecular weight is 176 g/mol. The van der Waals surface area contributed by atoms with Gasteiger partial charge in [-0.3, -0.25) is 5.41 Å². The predicted octanol–water partition coefficient (Wildman–Crippen LogP) is 1.20. The zero-order valence-corrected chi connectivity index (χ0v) is 6.74. The van der Waals surface area contributed by atoms with Crippen molar-refractivity contribution in [2.75, 3.05) is 5.73 Å². The number of nitrogen functional groups attached to an aromatic ring is 1. The first kappa shape index (κ1) is 7.67. The second-order valence-electron chi connectivity index (χ2n) is 2.73. The Morgan fingerprint density at radius 1 is 1.38 bits per heavy atom. The fourth-order valence-corrected chi connectivity index (χ4v) is 1.16. The lowest BCUT2D eigenvalue weighted by Gasteiger charge is -2.00. The number of rotatable bonds is 0. The highest BCUT2D eigenvalue weighted by Crippen LogP contribution is 2.23. The van der Waals surface area contributed by atoms with E-state index in [1.54, 1.807) is 18.2 Å². The van der Waals surface area contributed by atoms with Crippen molar-refractivity contribution in [2.24, 2.45) is 0 Å². The molecule has 4 nitrogen and oxygen atoms in total. The van der Waals surface area contributed by atoms with Crippen LogP contribution in [-0.2, 0) is 0 Å². The maximum Gasteiger partial charge on any atom is 0.235 e. The van der Waals surface area contributed by atoms with Gasteiger partial charge in [-0.1, -0.05) is 12.1 Å². The van der Waals surface area contributed by atoms with E-state index >= 15 is 0 Å². The maximum absolute atomic E-state index is 9.37. The summed E-state index contributed by atoms with van der Waals surface area (Å²) in [6.45, 7) is 0. The third-order valence-electron chi connectivity index (χ3n) is 1.80. The van der Waals surface area contributed by atoms with Crippen LogP contribution in [0.25, 0.3) is 11.0 Å². The Morgan fingerprint density at radius 3 is 2.92 bits per heavy atom. The van der Waals surface area contributed by atoms with Crippen LogP contribution < -0.4 is 11.3 Å². The summed E-state index contributed by atoms with van der Waals surface area (Å²) in [6.07, 6.45) is 0. The summed E-state index contributed by atoms with van der Waals surface area (Å²) in [5.74, 6) is 0.0194. The van der Waals surface area contributed by atoms with Crippen molar-refractivity contribution >= 4 is 16.7 Å². The molecule has 0 atom stereocenters. The molecule has 4 heteroatoms. The van der Waals surface area contributed by atoms with Crippen molar-refractivity contribution in [3.05, 3.63) is 29.8 Å². The molecular weight excluding hydrogens is 168 g/mol. The third kappa shape index (κ3) is 1.12. The number of para-hydroxylation sites is 1. The standard InChI is InChI=1S/C9H8N2O2/c10-6-4-5-2-1-3-7(12)8(5)13-9(6)11/h1-4,11-12H,10H2. The minimum absolute atomic E-state index is 0.0194. The van der Waals surface area contributed by atoms with Gasteiger partial charge < -0.3 is 15.3 Å². The van der Waals surface area contributed by atoms with Gasteiger partial charge in [-0.2, -0.15) is 0 Å². The van der Waals surface area contributed by atoms with E-state index in [9.17, 15) is 5.11 Å². The van der Waals surface area contributed by atoms with Crippen molar-refractivity contribution in [2.45, 2.75) is 0 Å². The molecule has 0 saturated heterocycles. The molecule has 4 N–H and O–H groups in total. The molecule has 0 radical (unpaired) electrons. The summed E-state index contributed by atoms with van der Waals surface area (Å²) in [7, 11) is 0. The van der Waals surface area contributed by atoms with Crippen LogP contribution >= 0.6 is 0 Å². The number of hydrogen-bond donors (Lipinski definition) is 3. The summed E-state index contributed by atoms with van der Waals surface area (Å²) in [6, 6.07) is 6.55. The monoisotopic (exact) mass is 176 g/mol. The highest BCUT2D eigenvalue weighted by Gasteiger charge is 2.02. The predicted molar refractivity (Wildman–Crippen MR) is 48.1 cm³/mol. The van der Waals surface area contributed by atoms with Gasteiger partial charge in [0.2, 0.25) is 5.55 Å². The molecule has 0 aliphatic rings. The van der Waals surface area contributed by atoms with Gasteiger partial charge in [0.05, 0.1) is 5.69 Å². The first-order valence-electron chi connectivity index (χ1n) is 3.74. The van der Waals surface area contributed by atoms with Gasteiger partial charge in [0.1, 0.15) is 0 Å². The fraction of sp³-hybridized carbons (Fsp3) is 0. The number of nitrogens with one attached hydrogen (secondary N) is 1. The quantitative estimate of drug-likeness (QED) is 0.564. The summed E-state index contributed by atoms with van der Waals surface area (Å²) < 4.78 is 5.01. The number of nitrogens with two attached hydrogens (primary N) is 1. The van der Waals surface area contributed by atoms with Crippen molar-refractivity contribution in [1.29, 1.82) is 5.41 Å². The molecule has 2 aromatic rings. The smallest absolute Gasteiger partial charge is 0.235 e. The Labute approximate surface area is 73.7 Å². The van der Waals surface area contributed by atoms with E-state index in [0.29, 0.717) is 11.0 Å². The second kappa shape index (κ2) is 2.52. The first-order valence-corrected chi connectivity index (χ1v) is 3.74. The van der Waals surface area contributed by atoms with E-state index in [-0.39, 0.29) is 17.0 Å². The first-order chi connectivity index (χ1) is 6.18. The molecule has 0 aliphatic carbocycles. The van der Waals surface area contributed by atoms with Crippen molar-refractivity contribution < 1.29 is 9.52 Å². The Kier molecular flexibility index (Phi) is 1.48. The Bertz CT molecular complexity index is 516. The SMILES string of the molecule is N=c1oc2c(O)cccc2cc1N. The number of fused-ring (bicyclic) bond motifs is 1. The number of benzene rings is 1. The number of phenolic OH excluding ortho intramolecular Hbond substituents is 1. The molecule has 0 spiro atoms. The van der Waals surface area contributed by atoms with Crippen LogP contribution in [-0.4, -0.2) is 5.11 Å². The van der Waals surface area contributed by atoms with Gasteiger partial charge in [-0.25, -0.2) is 0 Å². The zero-order chi connectivity index (χ0) is 9.42. The van der Waals surface area contributed by atoms with Crippen LogP contribution in [0.1, 0.15) is 0 Å². The van der Waals surface area contributed by atoms with E-state index in [2.05, 4.69) is 0 Å². The van der Waals surface area contributed by atoms with E-state index in [4.69, 9.17) is 15.6 Å². The molecule has 0 aliphatic heterocycles. The summed E-state index contributed by atoms with van der Waals surface area (Å²) >= 11 is 0. The van der Waals surface area contributed by atoms with Gasteiger partial charge in [0, 0.05) is 5.39 Å². The Balaban J connectivity index is 2.97. The summed E-state index contributed by atoms with van der Waals surface area (Å²) in [5.41, 5.74) is 5.90. The number of phenols is 1. The van der Waals surface area contributed by atoms with Crippen LogP contribution in [0, 0.1) is 5.41 Å². The van der Waals surface area contributed by atoms with Gasteiger partial charge in [0.15, 0.2) is 11.3 Å². The summed E-state index contributed by atoms with van der Waals surface area (Å²) in [5, 5.41) is 17.4. The highest BCUT2D eigenvalue weighted by molar-refractivity contribution is 5.83. The molecule has 0 fully saturated rings. The van der Waals surface area contributed by atoms with Crippen LogP contribution in [0.5, 0.6) is 5.75 Å². The second-order valence-corrected chi connectivity index (χ2v) is 2.73. The topological polar surface area (TPSA) is 83.2 Å². The van der Waals surface area contributed by atoms with Gasteiger partial charge in [-0.15, -0.1) is 0 Å². The fourth-order valence-electron chi connectivity index (χ4n) is 1.16. The molecule has 1 heterocycles. The molecule has 0 saturated carbocycles. The highest BCUT2D eigenvalue weighted by atomic mass is 16.4. The molecular formula is C9H8N2O2. The minimum atomic E-state index is -0.131. The minimum Gasteiger partial charge on any atom is -0.504 e. The zero-order valence-electron chi connectivity index (χ0n) is 6.74. The lowest BCUT2D eigenvalue weighted by molar-refractivity contribution is 0.453. The number of anilines is 1. The summed E-state index contributed by atoms with van der Waals surface area (Å²) in [4.78, 5) is 0. The molecule has 1 aromatic heterocycles. The normalized spacial score (nSPS) is 10.5. The molecule has 0 amide bonds. The Morgan fingerprint density at radius 2 is 2.15 bits per heavy atom. The van der Waals surface area contributed by atoms with Crippen molar-refractivity contribution in [3.63, 3.8) is 0 Å². The van der Waals surface area contributed by atoms with Crippen LogP contribution in [0.4, 0.5) is 5.69 Å². The molecule has 0 bridgehead atoms. The van der Waals surface area contributed by atoms with Gasteiger partial charge in [-0.05, 0) is 12.1 Å². The van der Waals surface area contributed by atoms with Crippen molar-refractivity contribution in [3.8, 4) is 5.75 Å². The molecule has 66 valence electrons. The van der Waals surface area contributed by atoms with Crippen LogP contribution in [0.3, 0.4) is 0 Å². The molecule has 1 aromatic carbocycles. The lowest BCUT2D eigenvalue weighted by atomic mass is 10.2. The molecule has 13 heavy (non-hydrogen) atoms. The Hall–Kier alpha value is -1.97. The van der Waals surface area contributed by atoms with Crippen molar-refractivity contribution in [1.82, 2.24) is 0 Å². The van der Waals surface area contributed by atoms with Gasteiger partial charge >= 0.3 is 0 Å². The molecule has 0 unspecified atom stereocenters. The molecule has 2 rings (SSSR count). The third-order valence-corrected chi connectivity index (χ3v) is 1.80. The maximum atomic E-state index is 9.37. The number of hydrogen-bond acceptors (Lipinski definition) is 4. The van der Waals surface area contributed by atoms with E-state index in [0.717, 1.165) is 0 Å². The van der Waals surface area contributed by atoms with E-state index < -0.39 is 0 Å². The average Bonchev–Trinajstić information content (AvgIpc) is 2.09. The largest absolute Gasteiger partial charge is 0.504 e. The van der Waals surface area contributed by atoms with E-state index in [1.807, 2.05) is 0 Å². The number of aromatic hydroxyl groups is 1. The van der Waals surface area contributed by atoms with Crippen LogP contribution in [0.15, 0.2) is 28.7 Å². The lowest BCUT2D eigenvalue weighted by Crippen LogP contribution is -2.05. The van der Waals surface area contributed by atoms with Gasteiger partial charge in [0.25, 0.3) is 0 Å². The van der Waals surface area contributed by atoms with E-state index in [1.165, 1.54) is 6.07 Å². The van der Waals surface area contributed by atoms with Crippen LogP contribution in [0.2, 0.25) is 0 Å².